The summed E-state index contributed by atoms with van der Waals surface area (Å²) in [4.78, 5) is 38.3. The van der Waals surface area contributed by atoms with E-state index in [2.05, 4.69) is 15.4 Å². The van der Waals surface area contributed by atoms with E-state index in [1.54, 1.807) is 18.2 Å². The van der Waals surface area contributed by atoms with Crippen LogP contribution in [0.3, 0.4) is 0 Å². The number of halogens is 4. The second-order valence-electron chi connectivity index (χ2n) is 10.7. The van der Waals surface area contributed by atoms with Gasteiger partial charge in [-0.25, -0.2) is 9.18 Å². The standard InChI is InChI=1S/C31H37F4N3O6/c32-24-9-5-4-6-21(24)13-18-42-19-14-27(40)38(23-7-2-1-3-8-23)17-16-36-15-12-22-10-11-25(44-30(41)31(33,34)35)28-29(22)43-20-26(39)37-28/h4-6,9-11,23,36H,1-3,7-8,12-20H2,(H,37,39). The number of anilines is 1. The summed E-state index contributed by atoms with van der Waals surface area (Å²) in [6, 6.07) is 9.37. The van der Waals surface area contributed by atoms with Crippen LogP contribution in [-0.4, -0.2) is 74.4 Å². The Bertz CT molecular complexity index is 1300. The highest BCUT2D eigenvalue weighted by Gasteiger charge is 2.42. The van der Waals surface area contributed by atoms with Crippen LogP contribution in [0.1, 0.15) is 49.7 Å². The Hall–Kier alpha value is -3.71. The minimum atomic E-state index is -5.20. The van der Waals surface area contributed by atoms with Crippen LogP contribution in [0.5, 0.6) is 11.5 Å². The summed E-state index contributed by atoms with van der Waals surface area (Å²) < 4.78 is 67.5. The second-order valence-corrected chi connectivity index (χ2v) is 10.7. The first-order valence-electron chi connectivity index (χ1n) is 14.8. The minimum absolute atomic E-state index is 0.00629. The lowest BCUT2D eigenvalue weighted by atomic mass is 9.94. The van der Waals surface area contributed by atoms with Gasteiger partial charge in [0.25, 0.3) is 5.91 Å². The van der Waals surface area contributed by atoms with E-state index in [9.17, 15) is 31.9 Å². The zero-order chi connectivity index (χ0) is 31.5. The molecule has 2 aromatic carbocycles. The van der Waals surface area contributed by atoms with Gasteiger partial charge in [-0.15, -0.1) is 0 Å². The summed E-state index contributed by atoms with van der Waals surface area (Å²) in [7, 11) is 0. The molecule has 1 aliphatic carbocycles. The molecule has 1 saturated carbocycles. The maximum absolute atomic E-state index is 13.8. The molecule has 0 aromatic heterocycles. The van der Waals surface area contributed by atoms with E-state index in [0.29, 0.717) is 50.2 Å². The molecule has 0 saturated heterocycles. The van der Waals surface area contributed by atoms with Crippen molar-refractivity contribution in [3.05, 3.63) is 53.3 Å². The quantitative estimate of drug-likeness (QED) is 0.138. The van der Waals surface area contributed by atoms with Crippen molar-refractivity contribution in [2.24, 2.45) is 0 Å². The first kappa shape index (κ1) is 33.2. The number of amides is 2. The maximum atomic E-state index is 13.8. The molecule has 44 heavy (non-hydrogen) atoms. The highest BCUT2D eigenvalue weighted by atomic mass is 19.4. The molecule has 240 valence electrons. The van der Waals surface area contributed by atoms with E-state index in [1.165, 1.54) is 18.2 Å². The van der Waals surface area contributed by atoms with Crippen molar-refractivity contribution in [3.63, 3.8) is 0 Å². The number of esters is 1. The Labute approximate surface area is 253 Å². The Balaban J connectivity index is 1.27. The van der Waals surface area contributed by atoms with Crippen LogP contribution in [0.4, 0.5) is 23.2 Å². The molecular weight excluding hydrogens is 586 g/mol. The van der Waals surface area contributed by atoms with Gasteiger partial charge < -0.3 is 29.7 Å². The van der Waals surface area contributed by atoms with Crippen LogP contribution in [0.15, 0.2) is 36.4 Å². The number of fused-ring (bicyclic) bond motifs is 1. The fraction of sp³-hybridized carbons (Fsp3) is 0.516. The lowest BCUT2D eigenvalue weighted by Gasteiger charge is -2.34. The van der Waals surface area contributed by atoms with Crippen molar-refractivity contribution in [2.45, 2.75) is 63.6 Å². The van der Waals surface area contributed by atoms with Gasteiger partial charge in [-0.3, -0.25) is 9.59 Å². The lowest BCUT2D eigenvalue weighted by molar-refractivity contribution is -0.189. The van der Waals surface area contributed by atoms with E-state index in [0.717, 1.165) is 32.1 Å². The molecule has 13 heteroatoms. The molecule has 2 aliphatic rings. The summed E-state index contributed by atoms with van der Waals surface area (Å²) in [5, 5.41) is 5.73. The predicted octanol–water partition coefficient (Wildman–Crippen LogP) is 4.57. The molecule has 4 rings (SSSR count). The smallest absolute Gasteiger partial charge is 0.481 e. The summed E-state index contributed by atoms with van der Waals surface area (Å²) in [5.41, 5.74) is 1.06. The van der Waals surface area contributed by atoms with Gasteiger partial charge in [-0.1, -0.05) is 43.5 Å². The molecule has 1 aliphatic heterocycles. The third kappa shape index (κ3) is 9.39. The van der Waals surface area contributed by atoms with Gasteiger partial charge >= 0.3 is 12.1 Å². The molecule has 0 bridgehead atoms. The number of nitrogens with one attached hydrogen (secondary N) is 2. The Morgan fingerprint density at radius 3 is 2.52 bits per heavy atom. The average molecular weight is 624 g/mol. The monoisotopic (exact) mass is 623 g/mol. The molecule has 2 aromatic rings. The average Bonchev–Trinajstić information content (AvgIpc) is 3.00. The predicted molar refractivity (Wildman–Crippen MR) is 153 cm³/mol. The van der Waals surface area contributed by atoms with Crippen LogP contribution >= 0.6 is 0 Å². The third-order valence-corrected chi connectivity index (χ3v) is 7.62. The van der Waals surface area contributed by atoms with Crippen LogP contribution < -0.4 is 20.1 Å². The van der Waals surface area contributed by atoms with Gasteiger partial charge in [0.2, 0.25) is 5.91 Å². The molecule has 1 heterocycles. The number of carbonyl (C=O) groups is 3. The van der Waals surface area contributed by atoms with Gasteiger partial charge in [0.05, 0.1) is 19.6 Å². The molecule has 2 N–H and O–H groups in total. The largest absolute Gasteiger partial charge is 0.491 e. The van der Waals surface area contributed by atoms with Crippen LogP contribution in [0.25, 0.3) is 0 Å². The number of hydrogen-bond acceptors (Lipinski definition) is 7. The normalized spacial score (nSPS) is 15.2. The number of carbonyl (C=O) groups excluding carboxylic acids is 3. The number of ether oxygens (including phenoxy) is 3. The van der Waals surface area contributed by atoms with Crippen molar-refractivity contribution in [3.8, 4) is 11.5 Å². The zero-order valence-electron chi connectivity index (χ0n) is 24.3. The van der Waals surface area contributed by atoms with Crippen LogP contribution in [0, 0.1) is 5.82 Å². The topological polar surface area (TPSA) is 106 Å². The molecule has 2 amide bonds. The fourth-order valence-corrected chi connectivity index (χ4v) is 5.38. The molecule has 0 unspecified atom stereocenters. The van der Waals surface area contributed by atoms with Gasteiger partial charge in [-0.2, -0.15) is 13.2 Å². The van der Waals surface area contributed by atoms with Gasteiger partial charge in [-0.05, 0) is 55.5 Å². The Morgan fingerprint density at radius 1 is 1.00 bits per heavy atom. The number of hydrogen-bond donors (Lipinski definition) is 2. The van der Waals surface area contributed by atoms with Gasteiger partial charge in [0, 0.05) is 19.1 Å². The maximum Gasteiger partial charge on any atom is 0.491 e. The number of rotatable bonds is 14. The number of benzene rings is 2. The van der Waals surface area contributed by atoms with Crippen LogP contribution in [-0.2, 0) is 32.0 Å². The highest BCUT2D eigenvalue weighted by molar-refractivity contribution is 5.98. The van der Waals surface area contributed by atoms with Crippen molar-refractivity contribution in [1.82, 2.24) is 10.2 Å². The Kier molecular flexibility index (Phi) is 12.0. The number of nitrogens with zero attached hydrogens (tertiary/aromatic N) is 1. The van der Waals surface area contributed by atoms with Gasteiger partial charge in [0.15, 0.2) is 18.1 Å². The SMILES string of the molecule is O=C1COc2c(CCNCCN(C(=O)CCOCCc3ccccc3F)C3CCCCC3)ccc(OC(=O)C(F)(F)F)c2N1. The molecule has 1 fully saturated rings. The zero-order valence-corrected chi connectivity index (χ0v) is 24.3. The number of alkyl halides is 3. The first-order valence-corrected chi connectivity index (χ1v) is 14.8. The Morgan fingerprint density at radius 2 is 1.77 bits per heavy atom. The fourth-order valence-electron chi connectivity index (χ4n) is 5.38. The first-order chi connectivity index (χ1) is 21.1. The van der Waals surface area contributed by atoms with E-state index in [4.69, 9.17) is 9.47 Å². The van der Waals surface area contributed by atoms with Crippen molar-refractivity contribution >= 4 is 23.5 Å². The lowest BCUT2D eigenvalue weighted by Crippen LogP contribution is -2.45. The summed E-state index contributed by atoms with van der Waals surface area (Å²) >= 11 is 0. The molecule has 9 nitrogen and oxygen atoms in total. The van der Waals surface area contributed by atoms with Crippen LogP contribution in [0.2, 0.25) is 0 Å². The van der Waals surface area contributed by atoms with E-state index in [-0.39, 0.29) is 48.8 Å². The summed E-state index contributed by atoms with van der Waals surface area (Å²) in [5.74, 6) is -3.56. The van der Waals surface area contributed by atoms with Crippen molar-refractivity contribution < 1.29 is 46.2 Å². The highest BCUT2D eigenvalue weighted by Crippen LogP contribution is 2.40. The van der Waals surface area contributed by atoms with E-state index in [1.807, 2.05) is 4.90 Å². The summed E-state index contributed by atoms with van der Waals surface area (Å²) in [6.07, 6.45) is 1.04. The third-order valence-electron chi connectivity index (χ3n) is 7.62. The van der Waals surface area contributed by atoms with Crippen molar-refractivity contribution in [1.29, 1.82) is 0 Å². The van der Waals surface area contributed by atoms with E-state index >= 15 is 0 Å². The summed E-state index contributed by atoms with van der Waals surface area (Å²) in [6.45, 7) is 1.71. The molecule has 0 radical (unpaired) electrons. The molecular formula is C31H37F4N3O6. The van der Waals surface area contributed by atoms with E-state index < -0.39 is 23.8 Å². The molecule has 0 atom stereocenters. The van der Waals surface area contributed by atoms with Gasteiger partial charge in [0.1, 0.15) is 11.5 Å². The molecule has 0 spiro atoms. The second kappa shape index (κ2) is 15.8. The minimum Gasteiger partial charge on any atom is -0.481 e. The van der Waals surface area contributed by atoms with Crippen molar-refractivity contribution in [2.75, 3.05) is 44.8 Å².